The Kier molecular flexibility index (Phi) is 7.31. The van der Waals surface area contributed by atoms with Gasteiger partial charge in [0.1, 0.15) is 5.75 Å². The molecular formula is C21H27N3O3S. The number of carbonyl (C=O) groups is 1. The molecule has 0 saturated heterocycles. The molecular weight excluding hydrogens is 374 g/mol. The molecule has 2 aromatic rings. The molecule has 1 aromatic carbocycles. The lowest BCUT2D eigenvalue weighted by atomic mass is 9.89. The average Bonchev–Trinajstić information content (AvgIpc) is 3.25. The van der Waals surface area contributed by atoms with Gasteiger partial charge in [0.2, 0.25) is 0 Å². The molecule has 0 amide bonds. The molecule has 0 radical (unpaired) electrons. The Bertz CT molecular complexity index is 799. The van der Waals surface area contributed by atoms with Gasteiger partial charge in [-0.05, 0) is 48.4 Å². The number of thiophene rings is 1. The summed E-state index contributed by atoms with van der Waals surface area (Å²) < 4.78 is 4.77. The largest absolute Gasteiger partial charge is 0.506 e. The first-order chi connectivity index (χ1) is 13.7. The van der Waals surface area contributed by atoms with E-state index >= 15 is 0 Å². The first-order valence-corrected chi connectivity index (χ1v) is 10.5. The first kappa shape index (κ1) is 20.2. The van der Waals surface area contributed by atoms with Crippen LogP contribution >= 0.6 is 11.3 Å². The van der Waals surface area contributed by atoms with Gasteiger partial charge in [-0.15, -0.1) is 11.3 Å². The SMILES string of the molecule is COC(=O)c1ccc(O)c(NC(=NCc2cccs2)NCC2CCCCC2)c1. The van der Waals surface area contributed by atoms with Crippen LogP contribution < -0.4 is 10.6 Å². The summed E-state index contributed by atoms with van der Waals surface area (Å²) in [7, 11) is 1.34. The van der Waals surface area contributed by atoms with Gasteiger partial charge in [-0.3, -0.25) is 0 Å². The van der Waals surface area contributed by atoms with E-state index in [0.717, 1.165) is 11.4 Å². The molecule has 1 heterocycles. The zero-order chi connectivity index (χ0) is 19.8. The number of guanidine groups is 1. The fourth-order valence-corrected chi connectivity index (χ4v) is 3.97. The molecule has 0 spiro atoms. The number of nitrogens with one attached hydrogen (secondary N) is 2. The molecule has 6 nitrogen and oxygen atoms in total. The average molecular weight is 402 g/mol. The van der Waals surface area contributed by atoms with Crippen LogP contribution in [0.4, 0.5) is 5.69 Å². The summed E-state index contributed by atoms with van der Waals surface area (Å²) in [4.78, 5) is 17.6. The predicted molar refractivity (Wildman–Crippen MR) is 113 cm³/mol. The summed E-state index contributed by atoms with van der Waals surface area (Å²) in [6, 6.07) is 8.63. The van der Waals surface area contributed by atoms with E-state index in [1.54, 1.807) is 17.4 Å². The van der Waals surface area contributed by atoms with Crippen LogP contribution in [0.15, 0.2) is 40.7 Å². The van der Waals surface area contributed by atoms with E-state index in [-0.39, 0.29) is 5.75 Å². The Balaban J connectivity index is 1.73. The van der Waals surface area contributed by atoms with Crippen LogP contribution in [0.25, 0.3) is 0 Å². The number of phenols is 1. The second-order valence-corrected chi connectivity index (χ2v) is 8.01. The van der Waals surface area contributed by atoms with Crippen molar-refractivity contribution >= 4 is 29.0 Å². The molecule has 1 aliphatic rings. The highest BCUT2D eigenvalue weighted by Crippen LogP contribution is 2.25. The summed E-state index contributed by atoms with van der Waals surface area (Å²) in [5.74, 6) is 0.833. The quantitative estimate of drug-likeness (QED) is 0.290. The van der Waals surface area contributed by atoms with Crippen molar-refractivity contribution in [3.8, 4) is 5.75 Å². The molecule has 28 heavy (non-hydrogen) atoms. The molecule has 3 rings (SSSR count). The minimum Gasteiger partial charge on any atom is -0.506 e. The number of hydrogen-bond acceptors (Lipinski definition) is 5. The lowest BCUT2D eigenvalue weighted by Crippen LogP contribution is -2.35. The van der Waals surface area contributed by atoms with Gasteiger partial charge in [-0.2, -0.15) is 0 Å². The third kappa shape index (κ3) is 5.73. The topological polar surface area (TPSA) is 83.0 Å². The minimum atomic E-state index is -0.449. The lowest BCUT2D eigenvalue weighted by molar-refractivity contribution is 0.0601. The van der Waals surface area contributed by atoms with E-state index in [2.05, 4.69) is 15.6 Å². The predicted octanol–water partition coefficient (Wildman–Crippen LogP) is 4.38. The molecule has 1 saturated carbocycles. The number of aliphatic imine (C=N–C) groups is 1. The third-order valence-electron chi connectivity index (χ3n) is 4.93. The van der Waals surface area contributed by atoms with Gasteiger partial charge in [0.05, 0.1) is 24.9 Å². The van der Waals surface area contributed by atoms with Gasteiger partial charge < -0.3 is 20.5 Å². The van der Waals surface area contributed by atoms with Gasteiger partial charge in [0.15, 0.2) is 5.96 Å². The number of methoxy groups -OCH3 is 1. The van der Waals surface area contributed by atoms with Crippen molar-refractivity contribution in [1.29, 1.82) is 0 Å². The minimum absolute atomic E-state index is 0.0518. The monoisotopic (exact) mass is 401 g/mol. The number of carbonyl (C=O) groups excluding carboxylic acids is 1. The van der Waals surface area contributed by atoms with Gasteiger partial charge in [-0.25, -0.2) is 9.79 Å². The number of esters is 1. The second-order valence-electron chi connectivity index (χ2n) is 6.98. The van der Waals surface area contributed by atoms with Crippen LogP contribution in [0.1, 0.15) is 47.3 Å². The number of nitrogens with zero attached hydrogens (tertiary/aromatic N) is 1. The highest BCUT2D eigenvalue weighted by molar-refractivity contribution is 7.09. The van der Waals surface area contributed by atoms with Crippen LogP contribution in [0, 0.1) is 5.92 Å². The van der Waals surface area contributed by atoms with Crippen molar-refractivity contribution in [2.45, 2.75) is 38.6 Å². The Labute approximate surface area is 169 Å². The number of anilines is 1. The zero-order valence-electron chi connectivity index (χ0n) is 16.1. The molecule has 1 aromatic heterocycles. The third-order valence-corrected chi connectivity index (χ3v) is 5.79. The first-order valence-electron chi connectivity index (χ1n) is 9.64. The summed E-state index contributed by atoms with van der Waals surface area (Å²) >= 11 is 1.66. The van der Waals surface area contributed by atoms with Crippen LogP contribution in [0.2, 0.25) is 0 Å². The van der Waals surface area contributed by atoms with E-state index in [4.69, 9.17) is 4.74 Å². The zero-order valence-corrected chi connectivity index (χ0v) is 16.9. The lowest BCUT2D eigenvalue weighted by Gasteiger charge is -2.23. The van der Waals surface area contributed by atoms with Crippen molar-refractivity contribution < 1.29 is 14.6 Å². The van der Waals surface area contributed by atoms with Gasteiger partial charge in [-0.1, -0.05) is 25.3 Å². The van der Waals surface area contributed by atoms with Crippen molar-refractivity contribution in [3.63, 3.8) is 0 Å². The van der Waals surface area contributed by atoms with E-state index in [1.807, 2.05) is 17.5 Å². The van der Waals surface area contributed by atoms with E-state index in [9.17, 15) is 9.90 Å². The van der Waals surface area contributed by atoms with Crippen molar-refractivity contribution in [2.75, 3.05) is 19.0 Å². The second kappa shape index (κ2) is 10.1. The Morgan fingerprint density at radius 1 is 1.29 bits per heavy atom. The van der Waals surface area contributed by atoms with Gasteiger partial charge in [0, 0.05) is 11.4 Å². The number of phenolic OH excluding ortho intramolecular Hbond substituents is 1. The van der Waals surface area contributed by atoms with Crippen LogP contribution in [0.3, 0.4) is 0 Å². The maximum atomic E-state index is 11.8. The van der Waals surface area contributed by atoms with E-state index in [0.29, 0.717) is 29.7 Å². The molecule has 0 bridgehead atoms. The number of ether oxygens (including phenoxy) is 1. The Morgan fingerprint density at radius 3 is 2.82 bits per heavy atom. The number of benzene rings is 1. The summed E-state index contributed by atoms with van der Waals surface area (Å²) in [5, 5.41) is 18.8. The number of rotatable bonds is 6. The molecule has 0 unspecified atom stereocenters. The molecule has 0 aliphatic heterocycles. The number of hydrogen-bond donors (Lipinski definition) is 3. The maximum absolute atomic E-state index is 11.8. The molecule has 3 N–H and O–H groups in total. The van der Waals surface area contributed by atoms with Crippen molar-refractivity contribution in [1.82, 2.24) is 5.32 Å². The van der Waals surface area contributed by atoms with E-state index < -0.39 is 5.97 Å². The van der Waals surface area contributed by atoms with Gasteiger partial charge in [0.25, 0.3) is 0 Å². The summed E-state index contributed by atoms with van der Waals surface area (Å²) in [6.45, 7) is 1.39. The standard InChI is InChI=1S/C21H27N3O3S/c1-27-20(26)16-9-10-19(25)18(12-16)24-21(23-14-17-8-5-11-28-17)22-13-15-6-3-2-4-7-15/h5,8-12,15,25H,2-4,6-7,13-14H2,1H3,(H2,22,23,24). The molecule has 150 valence electrons. The van der Waals surface area contributed by atoms with Crippen LogP contribution in [-0.2, 0) is 11.3 Å². The van der Waals surface area contributed by atoms with Gasteiger partial charge >= 0.3 is 5.97 Å². The highest BCUT2D eigenvalue weighted by atomic mass is 32.1. The molecule has 7 heteroatoms. The van der Waals surface area contributed by atoms with Crippen LogP contribution in [0.5, 0.6) is 5.75 Å². The maximum Gasteiger partial charge on any atom is 0.337 e. The summed E-state index contributed by atoms with van der Waals surface area (Å²) in [5.41, 5.74) is 0.789. The van der Waals surface area contributed by atoms with E-state index in [1.165, 1.54) is 51.3 Å². The Morgan fingerprint density at radius 2 is 2.11 bits per heavy atom. The molecule has 1 fully saturated rings. The van der Waals surface area contributed by atoms with Crippen LogP contribution in [-0.4, -0.2) is 30.7 Å². The molecule has 1 aliphatic carbocycles. The van der Waals surface area contributed by atoms with Crippen molar-refractivity contribution in [3.05, 3.63) is 46.2 Å². The number of aromatic hydroxyl groups is 1. The highest BCUT2D eigenvalue weighted by Gasteiger charge is 2.15. The fraction of sp³-hybridized carbons (Fsp3) is 0.429. The van der Waals surface area contributed by atoms with Crippen molar-refractivity contribution in [2.24, 2.45) is 10.9 Å². The normalized spacial score (nSPS) is 15.2. The molecule has 0 atom stereocenters. The summed E-state index contributed by atoms with van der Waals surface area (Å²) in [6.07, 6.45) is 6.34. The fourth-order valence-electron chi connectivity index (χ4n) is 3.34. The Hall–Kier alpha value is -2.54. The smallest absolute Gasteiger partial charge is 0.337 e.